The predicted octanol–water partition coefficient (Wildman–Crippen LogP) is 4.72. The lowest BCUT2D eigenvalue weighted by atomic mass is 10.0. The van der Waals surface area contributed by atoms with Crippen molar-refractivity contribution in [2.75, 3.05) is 19.4 Å². The number of alkyl carbamates (subject to hydrolysis) is 1. The highest BCUT2D eigenvalue weighted by Gasteiger charge is 2.18. The Morgan fingerprint density at radius 1 is 1.31 bits per heavy atom. The number of rotatable bonds is 12. The zero-order valence-electron chi connectivity index (χ0n) is 16.2. The highest BCUT2D eigenvalue weighted by molar-refractivity contribution is 8.76. The minimum Gasteiger partial charge on any atom is -0.450 e. The largest absolute Gasteiger partial charge is 0.450 e. The van der Waals surface area contributed by atoms with E-state index < -0.39 is 12.1 Å². The number of nitrogens with one attached hydrogen (secondary N) is 1. The summed E-state index contributed by atoms with van der Waals surface area (Å²) in [4.78, 5) is 26.4. The van der Waals surface area contributed by atoms with Crippen LogP contribution in [0.3, 0.4) is 0 Å². The fourth-order valence-corrected chi connectivity index (χ4v) is 4.19. The predicted molar refractivity (Wildman–Crippen MR) is 113 cm³/mol. The van der Waals surface area contributed by atoms with Crippen LogP contribution in [0.25, 0.3) is 10.4 Å². The van der Waals surface area contributed by atoms with Gasteiger partial charge in [0.2, 0.25) is 0 Å². The van der Waals surface area contributed by atoms with Crippen LogP contribution in [-0.2, 0) is 20.9 Å². The first kappa shape index (κ1) is 24.5. The number of carbonyl (C=O) groups is 2. The van der Waals surface area contributed by atoms with E-state index in [4.69, 9.17) is 20.3 Å². The molecular formula is C18H23N5O4S2. The van der Waals surface area contributed by atoms with E-state index in [2.05, 4.69) is 15.3 Å². The molecule has 0 saturated carbocycles. The number of carbonyl (C=O) groups excluding carboxylic acids is 2. The van der Waals surface area contributed by atoms with Crippen LogP contribution in [0.2, 0.25) is 0 Å². The second-order valence-electron chi connectivity index (χ2n) is 5.94. The Kier molecular flexibility index (Phi) is 12.2. The van der Waals surface area contributed by atoms with Crippen molar-refractivity contribution in [2.24, 2.45) is 11.0 Å². The standard InChI is InChI=1S/C18H23N5O4S2/c1-13(17(24)26-10-9-19)3-8-16(29-28-2)11-21-18(25)27-12-14-4-6-15(7-5-14)22-23-20/h4-7,13,16H,3,8,10-12H2,1-2H3,(H,21,25)/t13-,16-/m0/s1. The molecule has 0 bridgehead atoms. The number of benzene rings is 1. The lowest BCUT2D eigenvalue weighted by Crippen LogP contribution is -2.31. The molecule has 0 heterocycles. The molecule has 0 aliphatic carbocycles. The Labute approximate surface area is 177 Å². The third-order valence-corrected chi connectivity index (χ3v) is 6.04. The van der Waals surface area contributed by atoms with Gasteiger partial charge >= 0.3 is 12.1 Å². The zero-order valence-corrected chi connectivity index (χ0v) is 17.9. The molecule has 1 aromatic carbocycles. The van der Waals surface area contributed by atoms with E-state index in [1.807, 2.05) is 6.26 Å². The molecule has 0 aliphatic rings. The van der Waals surface area contributed by atoms with Crippen LogP contribution in [0.4, 0.5) is 10.5 Å². The van der Waals surface area contributed by atoms with Crippen LogP contribution in [0.5, 0.6) is 0 Å². The molecule has 1 aromatic rings. The average molecular weight is 438 g/mol. The third kappa shape index (κ3) is 10.5. The maximum absolute atomic E-state index is 11.9. The highest BCUT2D eigenvalue weighted by Crippen LogP contribution is 2.28. The SMILES string of the molecule is CSS[C@@H](CC[C@H](C)C(=O)OCC#N)CNC(=O)OCc1ccc(N=[N+]=[N-])cc1. The van der Waals surface area contributed by atoms with Crippen molar-refractivity contribution in [3.63, 3.8) is 0 Å². The summed E-state index contributed by atoms with van der Waals surface area (Å²) in [6.45, 7) is 2.02. The summed E-state index contributed by atoms with van der Waals surface area (Å²) in [6.07, 6.45) is 2.71. The normalized spacial score (nSPS) is 12.0. The van der Waals surface area contributed by atoms with Gasteiger partial charge in [0.05, 0.1) is 5.92 Å². The molecule has 0 aliphatic heterocycles. The van der Waals surface area contributed by atoms with Gasteiger partial charge in [0, 0.05) is 22.4 Å². The monoisotopic (exact) mass is 437 g/mol. The molecule has 29 heavy (non-hydrogen) atoms. The van der Waals surface area contributed by atoms with Gasteiger partial charge in [0.1, 0.15) is 12.7 Å². The molecule has 0 aromatic heterocycles. The molecular weight excluding hydrogens is 414 g/mol. The molecule has 1 N–H and O–H groups in total. The van der Waals surface area contributed by atoms with Gasteiger partial charge in [-0.25, -0.2) is 4.79 Å². The van der Waals surface area contributed by atoms with E-state index in [1.165, 1.54) is 0 Å². The van der Waals surface area contributed by atoms with Crippen molar-refractivity contribution < 1.29 is 19.1 Å². The summed E-state index contributed by atoms with van der Waals surface area (Å²) in [5.74, 6) is -0.702. The van der Waals surface area contributed by atoms with Crippen LogP contribution < -0.4 is 5.32 Å². The van der Waals surface area contributed by atoms with Gasteiger partial charge in [-0.1, -0.05) is 57.9 Å². The zero-order chi connectivity index (χ0) is 21.5. The maximum Gasteiger partial charge on any atom is 0.407 e. The molecule has 156 valence electrons. The molecule has 1 amide bonds. The van der Waals surface area contributed by atoms with E-state index in [-0.39, 0.29) is 24.4 Å². The van der Waals surface area contributed by atoms with Crippen LogP contribution in [0.1, 0.15) is 25.3 Å². The number of amides is 1. The fraction of sp³-hybridized carbons (Fsp3) is 0.500. The first-order chi connectivity index (χ1) is 14.0. The van der Waals surface area contributed by atoms with Crippen molar-refractivity contribution in [1.82, 2.24) is 5.32 Å². The molecule has 0 fully saturated rings. The lowest BCUT2D eigenvalue weighted by molar-refractivity contribution is -0.146. The third-order valence-electron chi connectivity index (χ3n) is 3.78. The minimum atomic E-state index is -0.530. The van der Waals surface area contributed by atoms with Gasteiger partial charge in [-0.15, -0.1) is 0 Å². The molecule has 1 rings (SSSR count). The number of hydrogen-bond acceptors (Lipinski definition) is 8. The summed E-state index contributed by atoms with van der Waals surface area (Å²) in [7, 11) is 3.19. The number of esters is 1. The summed E-state index contributed by atoms with van der Waals surface area (Å²) < 4.78 is 10.0. The van der Waals surface area contributed by atoms with Crippen molar-refractivity contribution in [3.05, 3.63) is 40.3 Å². The molecule has 9 nitrogen and oxygen atoms in total. The number of hydrogen-bond donors (Lipinski definition) is 1. The number of nitriles is 1. The molecule has 0 spiro atoms. The van der Waals surface area contributed by atoms with E-state index in [9.17, 15) is 9.59 Å². The fourth-order valence-electron chi connectivity index (χ4n) is 2.23. The minimum absolute atomic E-state index is 0.102. The van der Waals surface area contributed by atoms with Gasteiger partial charge in [-0.2, -0.15) is 5.26 Å². The molecule has 0 unspecified atom stereocenters. The van der Waals surface area contributed by atoms with Gasteiger partial charge in [0.15, 0.2) is 6.61 Å². The van der Waals surface area contributed by atoms with Gasteiger partial charge < -0.3 is 14.8 Å². The lowest BCUT2D eigenvalue weighted by Gasteiger charge is -2.17. The second kappa shape index (κ2) is 14.5. The van der Waals surface area contributed by atoms with Gasteiger partial charge in [-0.3, -0.25) is 4.79 Å². The van der Waals surface area contributed by atoms with Crippen LogP contribution in [-0.4, -0.2) is 36.7 Å². The maximum atomic E-state index is 11.9. The summed E-state index contributed by atoms with van der Waals surface area (Å²) in [5, 5.41) is 14.8. The quantitative estimate of drug-likeness (QED) is 0.164. The first-order valence-corrected chi connectivity index (χ1v) is 11.4. The van der Waals surface area contributed by atoms with E-state index in [1.54, 1.807) is 58.8 Å². The highest BCUT2D eigenvalue weighted by atomic mass is 33.1. The van der Waals surface area contributed by atoms with Crippen molar-refractivity contribution in [3.8, 4) is 6.07 Å². The Morgan fingerprint density at radius 3 is 2.66 bits per heavy atom. The molecule has 0 radical (unpaired) electrons. The molecule has 11 heteroatoms. The van der Waals surface area contributed by atoms with Gasteiger partial charge in [-0.05, 0) is 30.2 Å². The van der Waals surface area contributed by atoms with Crippen molar-refractivity contribution in [2.45, 2.75) is 31.6 Å². The van der Waals surface area contributed by atoms with E-state index in [0.29, 0.717) is 25.1 Å². The Hall–Kier alpha value is -2.54. The number of azide groups is 1. The average Bonchev–Trinajstić information content (AvgIpc) is 2.73. The summed E-state index contributed by atoms with van der Waals surface area (Å²) in [6, 6.07) is 8.50. The Bertz CT molecular complexity index is 748. The molecule has 0 saturated heterocycles. The summed E-state index contributed by atoms with van der Waals surface area (Å²) in [5.41, 5.74) is 9.64. The van der Waals surface area contributed by atoms with E-state index in [0.717, 1.165) is 5.56 Å². The van der Waals surface area contributed by atoms with Crippen LogP contribution >= 0.6 is 21.6 Å². The number of ether oxygens (including phenoxy) is 2. The smallest absolute Gasteiger partial charge is 0.407 e. The van der Waals surface area contributed by atoms with E-state index >= 15 is 0 Å². The topological polar surface area (TPSA) is 137 Å². The van der Waals surface area contributed by atoms with Crippen LogP contribution in [0.15, 0.2) is 29.4 Å². The second-order valence-corrected chi connectivity index (χ2v) is 8.71. The summed E-state index contributed by atoms with van der Waals surface area (Å²) >= 11 is 0. The number of nitrogens with zero attached hydrogens (tertiary/aromatic N) is 4. The van der Waals surface area contributed by atoms with Crippen molar-refractivity contribution >= 4 is 39.3 Å². The first-order valence-electron chi connectivity index (χ1n) is 8.77. The Balaban J connectivity index is 2.38. The van der Waals surface area contributed by atoms with Crippen molar-refractivity contribution in [1.29, 1.82) is 5.26 Å². The Morgan fingerprint density at radius 2 is 2.03 bits per heavy atom. The van der Waals surface area contributed by atoms with Crippen LogP contribution in [0, 0.1) is 17.2 Å². The molecule has 2 atom stereocenters. The van der Waals surface area contributed by atoms with Gasteiger partial charge in [0.25, 0.3) is 0 Å².